The minimum atomic E-state index is -1.02. The van der Waals surface area contributed by atoms with Gasteiger partial charge in [-0.2, -0.15) is 0 Å². The average Bonchev–Trinajstić information content (AvgIpc) is 3.28. The quantitative estimate of drug-likeness (QED) is 0.257. The molecule has 0 bridgehead atoms. The summed E-state index contributed by atoms with van der Waals surface area (Å²) in [6, 6.07) is -0.769. The molecule has 0 radical (unpaired) electrons. The number of fused-ring (bicyclic) bond motifs is 1. The number of carbonyl (C=O) groups excluding carboxylic acids is 6. The monoisotopic (exact) mass is 725 g/mol. The van der Waals surface area contributed by atoms with Crippen LogP contribution >= 0.6 is 0 Å². The number of hydrogen-bond donors (Lipinski definition) is 1. The zero-order valence-electron chi connectivity index (χ0n) is 32.3. The van der Waals surface area contributed by atoms with Gasteiger partial charge in [-0.25, -0.2) is 0 Å². The normalized spacial score (nSPS) is 28.8. The first-order valence-corrected chi connectivity index (χ1v) is 20.2. The van der Waals surface area contributed by atoms with E-state index in [1.54, 1.807) is 4.90 Å². The maximum Gasteiger partial charge on any atom is 0.285 e. The Labute approximate surface area is 309 Å². The maximum atomic E-state index is 15.0. The Morgan fingerprint density at radius 2 is 1.46 bits per heavy atom. The molecule has 3 saturated carbocycles. The number of Topliss-reactive ketones (excluding diaryl/α,β-unsaturated/α-hetero) is 3. The zero-order valence-corrected chi connectivity index (χ0v) is 32.3. The van der Waals surface area contributed by atoms with E-state index in [1.165, 1.54) is 0 Å². The Bertz CT molecular complexity index is 1410. The summed E-state index contributed by atoms with van der Waals surface area (Å²) < 4.78 is 11.2. The summed E-state index contributed by atoms with van der Waals surface area (Å²) in [6.45, 7) is 13.9. The van der Waals surface area contributed by atoms with Crippen molar-refractivity contribution < 1.29 is 38.2 Å². The number of ether oxygens (including phenoxy) is 2. The minimum Gasteiger partial charge on any atom is -0.380 e. The minimum absolute atomic E-state index is 0.00549. The summed E-state index contributed by atoms with van der Waals surface area (Å²) in [5.74, 6) is -3.71. The van der Waals surface area contributed by atoms with Crippen molar-refractivity contribution in [1.82, 2.24) is 9.80 Å². The van der Waals surface area contributed by atoms with Crippen LogP contribution in [0.2, 0.25) is 0 Å². The van der Waals surface area contributed by atoms with Crippen molar-refractivity contribution in [2.45, 2.75) is 124 Å². The largest absolute Gasteiger partial charge is 0.380 e. The fourth-order valence-corrected chi connectivity index (χ4v) is 11.0. The Morgan fingerprint density at radius 3 is 1.98 bits per heavy atom. The van der Waals surface area contributed by atoms with Crippen molar-refractivity contribution in [3.05, 3.63) is 0 Å². The molecule has 1 unspecified atom stereocenters. The lowest BCUT2D eigenvalue weighted by Gasteiger charge is -2.37. The third-order valence-corrected chi connectivity index (χ3v) is 14.9. The first kappa shape index (κ1) is 39.0. The average molecular weight is 726 g/mol. The second-order valence-corrected chi connectivity index (χ2v) is 18.9. The van der Waals surface area contributed by atoms with Crippen LogP contribution in [0.3, 0.4) is 0 Å². The van der Waals surface area contributed by atoms with Crippen LogP contribution in [-0.2, 0) is 38.2 Å². The van der Waals surface area contributed by atoms with Crippen molar-refractivity contribution >= 4 is 35.1 Å². The van der Waals surface area contributed by atoms with Gasteiger partial charge in [-0.1, -0.05) is 73.1 Å². The lowest BCUT2D eigenvalue weighted by Crippen LogP contribution is -2.48. The first-order chi connectivity index (χ1) is 24.5. The van der Waals surface area contributed by atoms with E-state index < -0.39 is 40.9 Å². The van der Waals surface area contributed by atoms with E-state index in [2.05, 4.69) is 13.8 Å². The molecule has 6 fully saturated rings. The molecule has 5 atom stereocenters. The summed E-state index contributed by atoms with van der Waals surface area (Å²) in [5.41, 5.74) is 4.23. The molecule has 3 aliphatic carbocycles. The molecular formula is C41H63N3O8. The lowest BCUT2D eigenvalue weighted by atomic mass is 9.73. The van der Waals surface area contributed by atoms with Crippen LogP contribution in [0.15, 0.2) is 0 Å². The molecule has 2 N–H and O–H groups in total. The number of likely N-dealkylation sites (tertiary alicyclic amines) is 1. The molecule has 6 rings (SSSR count). The van der Waals surface area contributed by atoms with E-state index >= 15 is 0 Å². The van der Waals surface area contributed by atoms with Gasteiger partial charge in [0, 0.05) is 67.5 Å². The topological polar surface area (TPSA) is 153 Å². The molecule has 3 saturated heterocycles. The molecule has 0 aromatic carbocycles. The van der Waals surface area contributed by atoms with Gasteiger partial charge in [0.05, 0.1) is 32.5 Å². The van der Waals surface area contributed by atoms with Crippen molar-refractivity contribution in [2.24, 2.45) is 57.0 Å². The number of hydrogen-bond acceptors (Lipinski definition) is 8. The molecule has 3 amide bonds. The highest BCUT2D eigenvalue weighted by Crippen LogP contribution is 2.84. The van der Waals surface area contributed by atoms with E-state index in [0.29, 0.717) is 58.9 Å². The Balaban J connectivity index is 1.24. The van der Waals surface area contributed by atoms with Gasteiger partial charge in [-0.15, -0.1) is 0 Å². The predicted octanol–water partition coefficient (Wildman–Crippen LogP) is 4.52. The van der Waals surface area contributed by atoms with Crippen molar-refractivity contribution in [3.8, 4) is 0 Å². The molecule has 11 nitrogen and oxygen atoms in total. The number of rotatable bonds is 14. The molecule has 2 spiro atoms. The van der Waals surface area contributed by atoms with Gasteiger partial charge in [0.15, 0.2) is 5.78 Å². The molecule has 290 valence electrons. The fourth-order valence-electron chi connectivity index (χ4n) is 11.0. The molecule has 0 aromatic rings. The van der Waals surface area contributed by atoms with E-state index in [1.807, 2.05) is 25.7 Å². The standard InChI is InChI=1S/C41H63N3O8/c1-38(2,3)31(21-29(45)20-30(27-12-7-6-8-13-27)36(49)43-14-16-51-17-15-43)37(50)44-23-40(39(4,5)41(40)24-52-25-41)22-32(44)33(46)19-28(34(47)35(42)48)18-26-10-9-11-26/h26-28,30-32H,6-25H2,1-5H3,(H2,42,48)/t28?,30-,31+,32-,40+/m0/s1. The molecule has 0 aromatic heterocycles. The second kappa shape index (κ2) is 14.9. The van der Waals surface area contributed by atoms with E-state index in [9.17, 15) is 28.8 Å². The summed E-state index contributed by atoms with van der Waals surface area (Å²) in [5, 5.41) is 0. The number of amides is 3. The number of ketones is 3. The van der Waals surface area contributed by atoms with Crippen molar-refractivity contribution in [1.29, 1.82) is 0 Å². The van der Waals surface area contributed by atoms with Gasteiger partial charge in [-0.3, -0.25) is 28.8 Å². The molecule has 11 heteroatoms. The third kappa shape index (κ3) is 7.02. The van der Waals surface area contributed by atoms with Crippen LogP contribution in [0.1, 0.15) is 118 Å². The zero-order chi connectivity index (χ0) is 37.6. The smallest absolute Gasteiger partial charge is 0.285 e. The molecule has 3 aliphatic heterocycles. The van der Waals surface area contributed by atoms with Gasteiger partial charge >= 0.3 is 0 Å². The van der Waals surface area contributed by atoms with Gasteiger partial charge in [0.1, 0.15) is 5.78 Å². The van der Waals surface area contributed by atoms with Crippen LogP contribution in [-0.4, -0.2) is 97.0 Å². The molecular weight excluding hydrogens is 662 g/mol. The highest BCUT2D eigenvalue weighted by molar-refractivity contribution is 6.36. The number of primary amides is 1. The van der Waals surface area contributed by atoms with E-state index in [0.717, 1.165) is 51.4 Å². The Hall–Kier alpha value is -2.66. The fraction of sp³-hybridized carbons (Fsp3) is 0.854. The van der Waals surface area contributed by atoms with Crippen molar-refractivity contribution in [3.63, 3.8) is 0 Å². The van der Waals surface area contributed by atoms with E-state index in [-0.39, 0.29) is 70.7 Å². The Morgan fingerprint density at radius 1 is 0.808 bits per heavy atom. The van der Waals surface area contributed by atoms with E-state index in [4.69, 9.17) is 15.2 Å². The molecule has 6 aliphatic rings. The van der Waals surface area contributed by atoms with Gasteiger partial charge < -0.3 is 25.0 Å². The number of carbonyl (C=O) groups is 6. The van der Waals surface area contributed by atoms with Gasteiger partial charge in [-0.05, 0) is 48.3 Å². The highest BCUT2D eigenvalue weighted by atomic mass is 16.5. The lowest BCUT2D eigenvalue weighted by molar-refractivity contribution is -0.148. The summed E-state index contributed by atoms with van der Waals surface area (Å²) in [7, 11) is 0. The maximum absolute atomic E-state index is 15.0. The van der Waals surface area contributed by atoms with Crippen molar-refractivity contribution in [2.75, 3.05) is 46.1 Å². The number of morpholine rings is 1. The second-order valence-electron chi connectivity index (χ2n) is 18.9. The molecule has 3 heterocycles. The van der Waals surface area contributed by atoms with Crippen LogP contribution in [0.25, 0.3) is 0 Å². The summed E-state index contributed by atoms with van der Waals surface area (Å²) >= 11 is 0. The van der Waals surface area contributed by atoms with Gasteiger partial charge in [0.2, 0.25) is 17.6 Å². The summed E-state index contributed by atoms with van der Waals surface area (Å²) in [4.78, 5) is 86.1. The summed E-state index contributed by atoms with van der Waals surface area (Å²) in [6.07, 6.45) is 8.99. The first-order valence-electron chi connectivity index (χ1n) is 20.2. The third-order valence-electron chi connectivity index (χ3n) is 14.9. The highest BCUT2D eigenvalue weighted by Gasteiger charge is 2.86. The van der Waals surface area contributed by atoms with Gasteiger partial charge in [0.25, 0.3) is 5.91 Å². The van der Waals surface area contributed by atoms with Crippen LogP contribution in [0.4, 0.5) is 0 Å². The van der Waals surface area contributed by atoms with Crippen LogP contribution in [0, 0.1) is 51.2 Å². The Kier molecular flexibility index (Phi) is 11.2. The predicted molar refractivity (Wildman–Crippen MR) is 194 cm³/mol. The van der Waals surface area contributed by atoms with Crippen LogP contribution < -0.4 is 5.73 Å². The SMILES string of the molecule is CC(C)(C)[C@H](CC(=O)C[C@H](C(=O)N1CCOCC1)C1CCCCC1)C(=O)N1C[C@]2(C[C@H]1C(=O)CC(CC1CCC1)C(=O)C(N)=O)C(C)(C)C21COC1. The number of nitrogens with two attached hydrogens (primary N) is 1. The number of nitrogens with zero attached hydrogens (tertiary/aromatic N) is 2. The molecule has 52 heavy (non-hydrogen) atoms. The van der Waals surface area contributed by atoms with Crippen LogP contribution in [0.5, 0.6) is 0 Å².